The smallest absolute Gasteiger partial charge is 0.497 e. The van der Waals surface area contributed by atoms with E-state index in [1.807, 2.05) is 30.3 Å². The van der Waals surface area contributed by atoms with Gasteiger partial charge in [-0.15, -0.1) is 24.1 Å². The van der Waals surface area contributed by atoms with Crippen LogP contribution in [0.25, 0.3) is 0 Å². The molecule has 0 aliphatic carbocycles. The zero-order chi connectivity index (χ0) is 13.4. The first-order valence-electron chi connectivity index (χ1n) is 5.67. The number of ether oxygens (including phenoxy) is 1. The summed E-state index contributed by atoms with van der Waals surface area (Å²) in [7, 11) is 0. The first-order valence-corrected chi connectivity index (χ1v) is 5.67. The first kappa shape index (κ1) is 24.5. The van der Waals surface area contributed by atoms with Crippen LogP contribution in [0.15, 0.2) is 41.6 Å². The van der Waals surface area contributed by atoms with Gasteiger partial charge in [-0.1, -0.05) is 25.1 Å². The van der Waals surface area contributed by atoms with Crippen molar-refractivity contribution in [2.24, 2.45) is 0 Å². The van der Waals surface area contributed by atoms with E-state index < -0.39 is 5.97 Å². The summed E-state index contributed by atoms with van der Waals surface area (Å²) in [4.78, 5) is 22.2. The third kappa shape index (κ3) is 8.40. The molecule has 0 spiro atoms. The number of carbonyl (C=O) groups excluding carboxylic acids is 2. The van der Waals surface area contributed by atoms with Gasteiger partial charge in [-0.25, -0.2) is 0 Å². The van der Waals surface area contributed by atoms with E-state index >= 15 is 0 Å². The molecule has 0 aromatic heterocycles. The molecular formula is C16H22NNbO3. The predicted molar refractivity (Wildman–Crippen MR) is 81.2 cm³/mol. The van der Waals surface area contributed by atoms with Crippen LogP contribution >= 0.6 is 0 Å². The summed E-state index contributed by atoms with van der Waals surface area (Å²) in [6.07, 6.45) is 2.22. The Kier molecular flexibility index (Phi) is 15.8. The standard InChI is InChI=1S/C14H16NO3.2CH3.Nb/c1-3-18-14(17)13(11(2)15-10-16)9-12-7-5-4-6-8-12;;;/h4-10H,3H2,1-2H3,(H,15,16);2*1H3;/q3*-1;+3/b13-11+;;;. The Morgan fingerprint density at radius 2 is 1.86 bits per heavy atom. The van der Waals surface area contributed by atoms with Crippen molar-refractivity contribution in [3.63, 3.8) is 0 Å². The fraction of sp³-hybridized carbons (Fsp3) is 0.188. The Morgan fingerprint density at radius 1 is 1.29 bits per heavy atom. The van der Waals surface area contributed by atoms with Gasteiger partial charge in [0.15, 0.2) is 0 Å². The summed E-state index contributed by atoms with van der Waals surface area (Å²) in [5.41, 5.74) is 1.68. The van der Waals surface area contributed by atoms with E-state index in [0.717, 1.165) is 5.56 Å². The normalized spacial score (nSPS) is 9.62. The quantitative estimate of drug-likeness (QED) is 0.276. The third-order valence-electron chi connectivity index (χ3n) is 2.29. The molecule has 5 heteroatoms. The van der Waals surface area contributed by atoms with Crippen LogP contribution in [-0.4, -0.2) is 19.0 Å². The van der Waals surface area contributed by atoms with Gasteiger partial charge in [-0.3, -0.25) is 9.59 Å². The summed E-state index contributed by atoms with van der Waals surface area (Å²) >= 11 is 0. The molecule has 0 unspecified atom stereocenters. The summed E-state index contributed by atoms with van der Waals surface area (Å²) in [5, 5.41) is 2.47. The van der Waals surface area contributed by atoms with Gasteiger partial charge in [0.2, 0.25) is 6.41 Å². The monoisotopic (exact) mass is 369 g/mol. The first-order chi connectivity index (χ1) is 8.69. The molecule has 114 valence electrons. The Balaban J connectivity index is -0.00000108. The average Bonchev–Trinajstić information content (AvgIpc) is 2.37. The van der Waals surface area contributed by atoms with Gasteiger partial charge >= 0.3 is 22.4 Å². The van der Waals surface area contributed by atoms with E-state index in [4.69, 9.17) is 4.74 Å². The number of carbonyl (C=O) groups is 2. The van der Waals surface area contributed by atoms with Gasteiger partial charge < -0.3 is 24.9 Å². The van der Waals surface area contributed by atoms with Gasteiger partial charge in [0.05, 0.1) is 6.61 Å². The van der Waals surface area contributed by atoms with Crippen molar-refractivity contribution in [1.82, 2.24) is 5.32 Å². The van der Waals surface area contributed by atoms with Crippen molar-refractivity contribution in [2.45, 2.75) is 13.8 Å². The maximum Gasteiger partial charge on any atom is 3.00 e. The zero-order valence-corrected chi connectivity index (χ0v) is 15.1. The number of allylic oxidation sites excluding steroid dienone is 1. The molecule has 0 saturated carbocycles. The molecule has 1 N–H and O–H groups in total. The van der Waals surface area contributed by atoms with Crippen LogP contribution in [0, 0.1) is 21.3 Å². The molecule has 1 aromatic rings. The molecule has 21 heavy (non-hydrogen) atoms. The van der Waals surface area contributed by atoms with Gasteiger partial charge in [0.1, 0.15) is 0 Å². The van der Waals surface area contributed by atoms with Crippen LogP contribution in [-0.2, 0) is 36.7 Å². The molecule has 0 radical (unpaired) electrons. The largest absolute Gasteiger partial charge is 3.00 e. The Bertz CT molecular complexity index is 444. The number of nitrogens with one attached hydrogen (secondary N) is 1. The van der Waals surface area contributed by atoms with Crippen LogP contribution in [0.2, 0.25) is 0 Å². The second kappa shape index (κ2) is 13.5. The molecule has 0 aliphatic rings. The van der Waals surface area contributed by atoms with Gasteiger partial charge in [-0.2, -0.15) is 0 Å². The fourth-order valence-electron chi connectivity index (χ4n) is 1.41. The van der Waals surface area contributed by atoms with Gasteiger partial charge in [0, 0.05) is 0 Å². The molecule has 0 aliphatic heterocycles. The molecule has 0 fully saturated rings. The van der Waals surface area contributed by atoms with E-state index in [2.05, 4.69) is 5.32 Å². The van der Waals surface area contributed by atoms with E-state index in [-0.39, 0.29) is 37.2 Å². The van der Waals surface area contributed by atoms with E-state index in [1.54, 1.807) is 20.3 Å². The Labute approximate surface area is 143 Å². The van der Waals surface area contributed by atoms with Crippen LogP contribution in [0.4, 0.5) is 0 Å². The van der Waals surface area contributed by atoms with Crippen molar-refractivity contribution in [2.75, 3.05) is 6.61 Å². The summed E-state index contributed by atoms with van der Waals surface area (Å²) in [6.45, 7) is 3.68. The van der Waals surface area contributed by atoms with E-state index in [1.165, 1.54) is 0 Å². The number of rotatable bonds is 6. The van der Waals surface area contributed by atoms with Crippen molar-refractivity contribution < 1.29 is 36.7 Å². The fourth-order valence-corrected chi connectivity index (χ4v) is 1.41. The SMILES string of the molecule is CCOC(=O)/C([CH-]c1ccccc1)=C(\C)NC=O.[CH3-].[CH3-].[Nb+3]. The van der Waals surface area contributed by atoms with Gasteiger partial charge in [-0.05, 0) is 18.2 Å². The maximum absolute atomic E-state index is 11.8. The Hall–Kier alpha value is -1.49. The van der Waals surface area contributed by atoms with Crippen molar-refractivity contribution in [1.29, 1.82) is 0 Å². The number of amides is 1. The average molecular weight is 369 g/mol. The van der Waals surface area contributed by atoms with Crippen molar-refractivity contribution in [3.8, 4) is 0 Å². The van der Waals surface area contributed by atoms with E-state index in [9.17, 15) is 9.59 Å². The van der Waals surface area contributed by atoms with Crippen LogP contribution < -0.4 is 5.32 Å². The Morgan fingerprint density at radius 3 is 2.33 bits per heavy atom. The molecule has 0 heterocycles. The molecule has 1 aromatic carbocycles. The van der Waals surface area contributed by atoms with Crippen LogP contribution in [0.3, 0.4) is 0 Å². The number of esters is 1. The number of hydrogen-bond donors (Lipinski definition) is 1. The minimum Gasteiger partial charge on any atom is -0.497 e. The minimum absolute atomic E-state index is 0. The summed E-state index contributed by atoms with van der Waals surface area (Å²) in [5.74, 6) is -0.451. The van der Waals surface area contributed by atoms with Crippen LogP contribution in [0.1, 0.15) is 19.4 Å². The molecule has 0 bridgehead atoms. The minimum atomic E-state index is -0.451. The topological polar surface area (TPSA) is 55.4 Å². The van der Waals surface area contributed by atoms with Crippen molar-refractivity contribution >= 4 is 12.4 Å². The second-order valence-electron chi connectivity index (χ2n) is 3.58. The predicted octanol–water partition coefficient (Wildman–Crippen LogP) is 2.72. The third-order valence-corrected chi connectivity index (χ3v) is 2.29. The maximum atomic E-state index is 11.8. The number of benzene rings is 1. The molecule has 1 rings (SSSR count). The zero-order valence-electron chi connectivity index (χ0n) is 12.9. The summed E-state index contributed by atoms with van der Waals surface area (Å²) < 4.78 is 4.96. The number of hydrogen-bond acceptors (Lipinski definition) is 3. The van der Waals surface area contributed by atoms with Crippen molar-refractivity contribution in [3.05, 3.63) is 68.4 Å². The van der Waals surface area contributed by atoms with Crippen LogP contribution in [0.5, 0.6) is 0 Å². The molecule has 1 amide bonds. The molecule has 0 atom stereocenters. The van der Waals surface area contributed by atoms with Gasteiger partial charge in [0.25, 0.3) is 5.97 Å². The molecule has 4 nitrogen and oxygen atoms in total. The molecular weight excluding hydrogens is 347 g/mol. The summed E-state index contributed by atoms with van der Waals surface area (Å²) in [6, 6.07) is 9.37. The van der Waals surface area contributed by atoms with E-state index in [0.29, 0.717) is 24.3 Å². The second-order valence-corrected chi connectivity index (χ2v) is 3.58. The molecule has 0 saturated heterocycles.